The second-order valence-corrected chi connectivity index (χ2v) is 4.59. The van der Waals surface area contributed by atoms with Crippen LogP contribution in [0.5, 0.6) is 0 Å². The van der Waals surface area contributed by atoms with Gasteiger partial charge in [-0.15, -0.1) is 0 Å². The van der Waals surface area contributed by atoms with Gasteiger partial charge >= 0.3 is 0 Å². The maximum absolute atomic E-state index is 12.0. The molecule has 0 bridgehead atoms. The summed E-state index contributed by atoms with van der Waals surface area (Å²) in [7, 11) is 3.14. The Kier molecular flexibility index (Phi) is 6.97. The average Bonchev–Trinajstić information content (AvgIpc) is 2.42. The topological polar surface area (TPSA) is 71.5 Å². The third-order valence-electron chi connectivity index (χ3n) is 2.51. The Morgan fingerprint density at radius 2 is 2.20 bits per heavy atom. The fraction of sp³-hybridized carbons (Fsp3) is 0.462. The van der Waals surface area contributed by atoms with Crippen LogP contribution in [-0.2, 0) is 9.53 Å². The minimum Gasteiger partial charge on any atom is -0.385 e. The molecule has 0 aliphatic heterocycles. The highest BCUT2D eigenvalue weighted by Crippen LogP contribution is 2.06. The summed E-state index contributed by atoms with van der Waals surface area (Å²) in [6.07, 6.45) is 0.732. The van der Waals surface area contributed by atoms with Gasteiger partial charge in [-0.25, -0.2) is 4.98 Å². The first kappa shape index (κ1) is 16.4. The van der Waals surface area contributed by atoms with E-state index >= 15 is 0 Å². The van der Waals surface area contributed by atoms with Crippen molar-refractivity contribution in [3.05, 3.63) is 29.0 Å². The Balaban J connectivity index is 2.43. The van der Waals surface area contributed by atoms with E-state index in [9.17, 15) is 9.59 Å². The molecule has 0 saturated heterocycles. The molecule has 1 aromatic heterocycles. The summed E-state index contributed by atoms with van der Waals surface area (Å²) in [5.74, 6) is -0.571. The van der Waals surface area contributed by atoms with Crippen molar-refractivity contribution in [2.75, 3.05) is 33.9 Å². The van der Waals surface area contributed by atoms with Crippen LogP contribution < -0.4 is 5.32 Å². The Morgan fingerprint density at radius 3 is 2.85 bits per heavy atom. The molecule has 0 aliphatic carbocycles. The lowest BCUT2D eigenvalue weighted by molar-refractivity contribution is -0.121. The monoisotopic (exact) mass is 299 g/mol. The van der Waals surface area contributed by atoms with Crippen molar-refractivity contribution in [3.63, 3.8) is 0 Å². The highest BCUT2D eigenvalue weighted by atomic mass is 35.5. The summed E-state index contributed by atoms with van der Waals surface area (Å²) < 4.78 is 4.88. The van der Waals surface area contributed by atoms with E-state index in [1.54, 1.807) is 32.4 Å². The molecule has 20 heavy (non-hydrogen) atoms. The van der Waals surface area contributed by atoms with Crippen LogP contribution >= 0.6 is 11.6 Å². The lowest BCUT2D eigenvalue weighted by Gasteiger charge is -2.16. The third-order valence-corrected chi connectivity index (χ3v) is 2.72. The second kappa shape index (κ2) is 8.50. The number of halogens is 1. The molecule has 0 saturated carbocycles. The van der Waals surface area contributed by atoms with E-state index in [0.29, 0.717) is 13.2 Å². The van der Waals surface area contributed by atoms with Crippen molar-refractivity contribution in [1.82, 2.24) is 15.2 Å². The van der Waals surface area contributed by atoms with E-state index in [1.807, 2.05) is 0 Å². The SMILES string of the molecule is COCCCNC(=O)CN(C)C(=O)c1cccc(Cl)n1. The van der Waals surface area contributed by atoms with Gasteiger partial charge in [-0.2, -0.15) is 0 Å². The molecule has 0 radical (unpaired) electrons. The molecule has 1 N–H and O–H groups in total. The molecule has 0 aliphatic rings. The van der Waals surface area contributed by atoms with Gasteiger partial charge < -0.3 is 15.0 Å². The van der Waals surface area contributed by atoms with E-state index in [2.05, 4.69) is 10.3 Å². The number of nitrogens with zero attached hydrogens (tertiary/aromatic N) is 2. The first-order chi connectivity index (χ1) is 9.54. The van der Waals surface area contributed by atoms with Gasteiger partial charge in [0.15, 0.2) is 0 Å². The minimum absolute atomic E-state index is 0.0278. The van der Waals surface area contributed by atoms with Gasteiger partial charge in [0.25, 0.3) is 5.91 Å². The van der Waals surface area contributed by atoms with Gasteiger partial charge in [0.05, 0.1) is 6.54 Å². The third kappa shape index (κ3) is 5.54. The number of carbonyl (C=O) groups is 2. The Hall–Kier alpha value is -1.66. The van der Waals surface area contributed by atoms with Crippen molar-refractivity contribution in [2.45, 2.75) is 6.42 Å². The Bertz CT molecular complexity index is 468. The number of rotatable bonds is 7. The van der Waals surface area contributed by atoms with Gasteiger partial charge in [0.1, 0.15) is 10.8 Å². The molecule has 1 rings (SSSR count). The Labute approximate surface area is 123 Å². The predicted octanol–water partition coefficient (Wildman–Crippen LogP) is 0.960. The van der Waals surface area contributed by atoms with Crippen molar-refractivity contribution in [1.29, 1.82) is 0 Å². The van der Waals surface area contributed by atoms with Crippen LogP contribution in [0.1, 0.15) is 16.9 Å². The molecule has 0 atom stereocenters. The zero-order valence-corrected chi connectivity index (χ0v) is 12.3. The molecule has 0 aromatic carbocycles. The molecular formula is C13H18ClN3O3. The number of hydrogen-bond acceptors (Lipinski definition) is 4. The highest BCUT2D eigenvalue weighted by Gasteiger charge is 2.16. The quantitative estimate of drug-likeness (QED) is 0.601. The van der Waals surface area contributed by atoms with E-state index in [1.165, 1.54) is 4.90 Å². The first-order valence-corrected chi connectivity index (χ1v) is 6.56. The normalized spacial score (nSPS) is 10.2. The zero-order valence-electron chi connectivity index (χ0n) is 11.6. The van der Waals surface area contributed by atoms with Crippen molar-refractivity contribution in [3.8, 4) is 0 Å². The molecule has 0 unspecified atom stereocenters. The van der Waals surface area contributed by atoms with Crippen molar-refractivity contribution in [2.24, 2.45) is 0 Å². The van der Waals surface area contributed by atoms with Crippen molar-refractivity contribution < 1.29 is 14.3 Å². The number of ether oxygens (including phenoxy) is 1. The van der Waals surface area contributed by atoms with Gasteiger partial charge in [0, 0.05) is 27.3 Å². The molecule has 7 heteroatoms. The van der Waals surface area contributed by atoms with Crippen LogP contribution in [0.25, 0.3) is 0 Å². The smallest absolute Gasteiger partial charge is 0.272 e. The Morgan fingerprint density at radius 1 is 1.45 bits per heavy atom. The lowest BCUT2D eigenvalue weighted by Crippen LogP contribution is -2.39. The van der Waals surface area contributed by atoms with Crippen molar-refractivity contribution >= 4 is 23.4 Å². The van der Waals surface area contributed by atoms with Crippen LogP contribution in [0, 0.1) is 0 Å². The number of aromatic nitrogens is 1. The number of amides is 2. The molecular weight excluding hydrogens is 282 g/mol. The van der Waals surface area contributed by atoms with Crippen LogP contribution in [-0.4, -0.2) is 55.6 Å². The van der Waals surface area contributed by atoms with Crippen LogP contribution in [0.2, 0.25) is 5.15 Å². The number of pyridine rings is 1. The molecule has 1 heterocycles. The molecule has 2 amide bonds. The summed E-state index contributed by atoms with van der Waals surface area (Å²) in [5, 5.41) is 2.95. The van der Waals surface area contributed by atoms with Crippen LogP contribution in [0.4, 0.5) is 0 Å². The highest BCUT2D eigenvalue weighted by molar-refractivity contribution is 6.29. The molecule has 110 valence electrons. The molecule has 1 aromatic rings. The van der Waals surface area contributed by atoms with Gasteiger partial charge in [0.2, 0.25) is 5.91 Å². The number of carbonyl (C=O) groups excluding carboxylic acids is 2. The van der Waals surface area contributed by atoms with E-state index in [0.717, 1.165) is 6.42 Å². The summed E-state index contributed by atoms with van der Waals surface area (Å²) in [6, 6.07) is 4.78. The number of likely N-dealkylation sites (N-methyl/N-ethyl adjacent to an activating group) is 1. The van der Waals surface area contributed by atoms with E-state index in [4.69, 9.17) is 16.3 Å². The van der Waals surface area contributed by atoms with Gasteiger partial charge in [-0.05, 0) is 18.6 Å². The molecule has 0 fully saturated rings. The lowest BCUT2D eigenvalue weighted by atomic mass is 10.3. The number of methoxy groups -OCH3 is 1. The van der Waals surface area contributed by atoms with Gasteiger partial charge in [-0.1, -0.05) is 17.7 Å². The van der Waals surface area contributed by atoms with Crippen LogP contribution in [0.15, 0.2) is 18.2 Å². The largest absolute Gasteiger partial charge is 0.385 e. The minimum atomic E-state index is -0.348. The number of nitrogens with one attached hydrogen (secondary N) is 1. The van der Waals surface area contributed by atoms with E-state index in [-0.39, 0.29) is 29.2 Å². The molecule has 0 spiro atoms. The van der Waals surface area contributed by atoms with E-state index < -0.39 is 0 Å². The summed E-state index contributed by atoms with van der Waals surface area (Å²) in [4.78, 5) is 28.9. The fourth-order valence-corrected chi connectivity index (χ4v) is 1.67. The second-order valence-electron chi connectivity index (χ2n) is 4.20. The standard InChI is InChI=1S/C13H18ClN3O3/c1-17(9-12(18)15-7-4-8-20-2)13(19)10-5-3-6-11(14)16-10/h3,5-6H,4,7-9H2,1-2H3,(H,15,18). The predicted molar refractivity (Wildman–Crippen MR) is 75.7 cm³/mol. The average molecular weight is 300 g/mol. The maximum atomic E-state index is 12.0. The first-order valence-electron chi connectivity index (χ1n) is 6.18. The summed E-state index contributed by atoms with van der Waals surface area (Å²) in [6.45, 7) is 1.08. The van der Waals surface area contributed by atoms with Crippen LogP contribution in [0.3, 0.4) is 0 Å². The zero-order chi connectivity index (χ0) is 15.0. The number of hydrogen-bond donors (Lipinski definition) is 1. The van der Waals surface area contributed by atoms with Gasteiger partial charge in [-0.3, -0.25) is 9.59 Å². The fourth-order valence-electron chi connectivity index (χ4n) is 1.51. The summed E-state index contributed by atoms with van der Waals surface area (Å²) >= 11 is 5.72. The summed E-state index contributed by atoms with van der Waals surface area (Å²) in [5.41, 5.74) is 0.215. The maximum Gasteiger partial charge on any atom is 0.272 e. The molecule has 6 nitrogen and oxygen atoms in total.